The van der Waals surface area contributed by atoms with Gasteiger partial charge in [-0.05, 0) is 135 Å². The molecule has 3 aromatic carbocycles. The number of nitrogens with one attached hydrogen (secondary N) is 2. The minimum atomic E-state index is -1.83. The first-order valence-corrected chi connectivity index (χ1v) is 34.6. The summed E-state index contributed by atoms with van der Waals surface area (Å²) in [6, 6.07) is 21.5. The number of imide groups is 1. The number of rotatable bonds is 28. The van der Waals surface area contributed by atoms with E-state index in [0.717, 1.165) is 78.5 Å². The number of para-hydroxylation sites is 1. The molecule has 7 N–H and O–H groups in total. The van der Waals surface area contributed by atoms with Gasteiger partial charge >= 0.3 is 24.1 Å². The standard InChI is InChI=1S/C72H85N9O17S/c1-43-50(48-19-20-51(75-60(48)65(90)91)45-16-15-44-11-10-25-79(53(44)31-45)67(92)77-66-76-52-12-7-8-13-56(52)99-66)34-74-81(43)42-71-37-69(2)36-70(3,38-71)40-72(39-69,41-71)97-28-26-78(4)68(93)96-35-46-17-18-47(32-54(46)98-55-33-49(64(88)89)61(85)63(87)62(55)86)95-30-29-94-27-23-73-57(82)14-6-5-9-24-80-58(83)21-22-59(80)84/h7-8,12-13,15-22,31-32,34,49,55,61-63,85-87H,5-6,9-11,14,23-30,33,35-42H2,1-4H3,(H,73,82)(H,88,89)(H,90,91)(H,76,77,92)/t49-,55+,61+,62-,63-,69?,70?,71?,72?/m0/s1. The van der Waals surface area contributed by atoms with Gasteiger partial charge in [-0.3, -0.25) is 39.0 Å². The second kappa shape index (κ2) is 29.1. The molecule has 5 aliphatic carbocycles. The van der Waals surface area contributed by atoms with Crippen LogP contribution < -0.4 is 25.0 Å². The fourth-order valence-corrected chi connectivity index (χ4v) is 17.6. The van der Waals surface area contributed by atoms with E-state index in [4.69, 9.17) is 33.8 Å². The number of anilines is 2. The molecular formula is C72H85N9O17S. The zero-order chi connectivity index (χ0) is 70.0. The fourth-order valence-electron chi connectivity index (χ4n) is 16.7. The van der Waals surface area contributed by atoms with Crippen LogP contribution in [0.25, 0.3) is 32.6 Å². The van der Waals surface area contributed by atoms with Gasteiger partial charge in [0.25, 0.3) is 11.8 Å². The highest BCUT2D eigenvalue weighted by Gasteiger charge is 2.66. The number of thiazole rings is 1. The summed E-state index contributed by atoms with van der Waals surface area (Å²) in [6.07, 6.45) is 5.78. The number of ether oxygens (including phenoxy) is 5. The van der Waals surface area contributed by atoms with Crippen LogP contribution in [0.3, 0.4) is 0 Å². The Labute approximate surface area is 576 Å². The Balaban J connectivity index is 0.651. The minimum Gasteiger partial charge on any atom is -0.491 e. The van der Waals surface area contributed by atoms with Crippen LogP contribution >= 0.6 is 11.3 Å². The number of amides is 6. The summed E-state index contributed by atoms with van der Waals surface area (Å²) in [6.45, 7) is 8.79. The molecule has 6 aromatic rings. The number of carboxylic acid groups (broad SMARTS) is 2. The topological polar surface area (TPSA) is 344 Å². The Morgan fingerprint density at radius 1 is 0.808 bits per heavy atom. The van der Waals surface area contributed by atoms with Crippen molar-refractivity contribution in [1.29, 1.82) is 0 Å². The summed E-state index contributed by atoms with van der Waals surface area (Å²) in [5.74, 6) is -4.48. The van der Waals surface area contributed by atoms with Crippen LogP contribution in [0.2, 0.25) is 0 Å². The van der Waals surface area contributed by atoms with Gasteiger partial charge in [0.1, 0.15) is 43.0 Å². The molecule has 2 aliphatic heterocycles. The predicted molar refractivity (Wildman–Crippen MR) is 363 cm³/mol. The smallest absolute Gasteiger partial charge is 0.409 e. The highest BCUT2D eigenvalue weighted by Crippen LogP contribution is 2.72. The van der Waals surface area contributed by atoms with Gasteiger partial charge in [0, 0.05) is 104 Å². The number of hydrogen-bond acceptors (Lipinski definition) is 19. The van der Waals surface area contributed by atoms with E-state index in [9.17, 15) is 59.1 Å². The number of likely N-dealkylation sites (N-methyl/N-ethyl adjacent to an activating group) is 1. The number of unbranched alkanes of at least 4 members (excludes halogenated alkanes) is 2. The van der Waals surface area contributed by atoms with Gasteiger partial charge in [0.15, 0.2) is 10.8 Å². The van der Waals surface area contributed by atoms with E-state index in [0.29, 0.717) is 72.0 Å². The molecule has 13 rings (SSSR count). The second-order valence-corrected chi connectivity index (χ2v) is 29.3. The maximum atomic E-state index is 13.8. The highest BCUT2D eigenvalue weighted by atomic mass is 32.1. The van der Waals surface area contributed by atoms with Crippen LogP contribution in [0.1, 0.15) is 118 Å². The quantitative estimate of drug-likeness (QED) is 0.0179. The first-order chi connectivity index (χ1) is 47.4. The van der Waals surface area contributed by atoms with Crippen molar-refractivity contribution < 1.29 is 82.8 Å². The molecule has 4 bridgehead atoms. The summed E-state index contributed by atoms with van der Waals surface area (Å²) < 4.78 is 33.6. The van der Waals surface area contributed by atoms with E-state index < -0.39 is 54.0 Å². The number of aromatic carboxylic acids is 1. The number of aliphatic hydroxyl groups excluding tert-OH is 3. The number of urea groups is 1. The van der Waals surface area contributed by atoms with Crippen LogP contribution in [-0.4, -0.2) is 187 Å². The van der Waals surface area contributed by atoms with Crippen LogP contribution in [-0.2, 0) is 53.0 Å². The number of aryl methyl sites for hydroxylation is 1. The van der Waals surface area contributed by atoms with E-state index in [1.54, 1.807) is 36.3 Å². The molecular weight excluding hydrogens is 1290 g/mol. The Morgan fingerprint density at radius 3 is 2.34 bits per heavy atom. The summed E-state index contributed by atoms with van der Waals surface area (Å²) >= 11 is 1.41. The number of nitrogens with zero attached hydrogens (tertiary/aromatic N) is 7. The zero-order valence-electron chi connectivity index (χ0n) is 56.0. The average Bonchev–Trinajstić information content (AvgIpc) is 0.771. The van der Waals surface area contributed by atoms with Gasteiger partial charge in [0.05, 0.1) is 59.6 Å². The lowest BCUT2D eigenvalue weighted by molar-refractivity contribution is -0.248. The van der Waals surface area contributed by atoms with Crippen molar-refractivity contribution in [2.45, 2.75) is 147 Å². The molecule has 6 amide bonds. The largest absolute Gasteiger partial charge is 0.491 e. The number of aromatic nitrogens is 4. The van der Waals surface area contributed by atoms with Gasteiger partial charge in [-0.2, -0.15) is 5.10 Å². The summed E-state index contributed by atoms with van der Waals surface area (Å²) in [7, 11) is 1.61. The molecule has 3 aromatic heterocycles. The van der Waals surface area contributed by atoms with E-state index in [2.05, 4.69) is 29.5 Å². The monoisotopic (exact) mass is 1380 g/mol. The average molecular weight is 1380 g/mol. The lowest BCUT2D eigenvalue weighted by atomic mass is 9.39. The van der Waals surface area contributed by atoms with Crippen molar-refractivity contribution in [3.05, 3.63) is 114 Å². The number of benzene rings is 3. The number of carbonyl (C=O) groups excluding carboxylic acids is 5. The first kappa shape index (κ1) is 70.0. The molecule has 5 saturated carbocycles. The molecule has 27 heteroatoms. The van der Waals surface area contributed by atoms with E-state index in [1.165, 1.54) is 39.4 Å². The van der Waals surface area contributed by atoms with Gasteiger partial charge < -0.3 is 59.4 Å². The molecule has 0 spiro atoms. The second-order valence-electron chi connectivity index (χ2n) is 28.3. The lowest BCUT2D eigenvalue weighted by Crippen LogP contribution is -2.64. The van der Waals surface area contributed by atoms with Crippen LogP contribution in [0.4, 0.5) is 20.4 Å². The molecule has 0 saturated heterocycles. The third-order valence-corrected chi connectivity index (χ3v) is 21.2. The first-order valence-electron chi connectivity index (χ1n) is 33.8. The molecule has 2 unspecified atom stereocenters. The number of pyridine rings is 1. The van der Waals surface area contributed by atoms with Crippen molar-refractivity contribution >= 4 is 74.2 Å². The van der Waals surface area contributed by atoms with Crippen LogP contribution in [0.15, 0.2) is 91.1 Å². The summed E-state index contributed by atoms with van der Waals surface area (Å²) in [4.78, 5) is 102. The number of aliphatic hydroxyl groups is 3. The number of fused-ring (bicyclic) bond motifs is 2. The third kappa shape index (κ3) is 15.6. The molecule has 5 fully saturated rings. The number of hydrogen-bond donors (Lipinski definition) is 7. The maximum absolute atomic E-state index is 13.8. The number of carboxylic acids is 2. The third-order valence-electron chi connectivity index (χ3n) is 20.2. The van der Waals surface area contributed by atoms with E-state index >= 15 is 0 Å². The minimum absolute atomic E-state index is 0.0395. The molecule has 526 valence electrons. The molecule has 7 aliphatic rings. The van der Waals surface area contributed by atoms with Crippen molar-refractivity contribution in [2.75, 3.05) is 69.9 Å². The Kier molecular flexibility index (Phi) is 20.6. The van der Waals surface area contributed by atoms with Crippen molar-refractivity contribution in [2.24, 2.45) is 22.2 Å². The SMILES string of the molecule is Cc1c(-c2ccc(-c3ccc4c(c3)N(C(=O)Nc3nc5ccccc5s3)CCC4)nc2C(=O)O)cnn1CC12CC3(C)CC(C)(C1)CC(OCCN(C)C(=O)OCc1ccc(OCCOCCNC(=O)CCCCCN4C(=O)C=CC4=O)cc1O[C@@H]1C[C@H](C(=O)O)[C@@H](O)[C@H](O)[C@H]1O)(C3)C2. The van der Waals surface area contributed by atoms with Gasteiger partial charge in [0.2, 0.25) is 5.91 Å². The number of aliphatic carboxylic acids is 1. The van der Waals surface area contributed by atoms with Gasteiger partial charge in [-0.15, -0.1) is 0 Å². The van der Waals surface area contributed by atoms with Crippen molar-refractivity contribution in [3.63, 3.8) is 0 Å². The van der Waals surface area contributed by atoms with E-state index in [1.807, 2.05) is 60.1 Å². The Morgan fingerprint density at radius 2 is 1.59 bits per heavy atom. The maximum Gasteiger partial charge on any atom is 0.409 e. The Hall–Kier alpha value is -8.86. The van der Waals surface area contributed by atoms with Crippen molar-refractivity contribution in [1.82, 2.24) is 34.9 Å². The molecule has 0 radical (unpaired) electrons. The lowest BCUT2D eigenvalue weighted by Gasteiger charge is -2.69. The van der Waals surface area contributed by atoms with Gasteiger partial charge in [-0.25, -0.2) is 24.4 Å². The summed E-state index contributed by atoms with van der Waals surface area (Å²) in [5, 5.41) is 63.9. The number of carbonyl (C=O) groups is 7. The fraction of sp³-hybridized carbons (Fsp3) is 0.500. The molecule has 99 heavy (non-hydrogen) atoms. The van der Waals surface area contributed by atoms with Crippen molar-refractivity contribution in [3.8, 4) is 33.9 Å². The normalized spacial score (nSPS) is 25.2. The molecule has 26 nitrogen and oxygen atoms in total. The zero-order valence-corrected chi connectivity index (χ0v) is 56.8. The van der Waals surface area contributed by atoms with Crippen LogP contribution in [0.5, 0.6) is 11.5 Å². The van der Waals surface area contributed by atoms with Gasteiger partial charge in [-0.1, -0.05) is 55.9 Å². The van der Waals surface area contributed by atoms with Crippen LogP contribution in [0, 0.1) is 29.1 Å². The molecule has 5 heterocycles. The highest BCUT2D eigenvalue weighted by molar-refractivity contribution is 7.22. The molecule has 7 atom stereocenters. The Bertz CT molecular complexity index is 4030. The van der Waals surface area contributed by atoms with E-state index in [-0.39, 0.29) is 116 Å². The predicted octanol–water partition coefficient (Wildman–Crippen LogP) is 8.55. The summed E-state index contributed by atoms with van der Waals surface area (Å²) in [5.41, 5.74) is 5.02.